The minimum atomic E-state index is -4.62. The van der Waals surface area contributed by atoms with E-state index in [4.69, 9.17) is 20.9 Å². The van der Waals surface area contributed by atoms with Crippen LogP contribution in [0.15, 0.2) is 30.3 Å². The van der Waals surface area contributed by atoms with Gasteiger partial charge in [-0.1, -0.05) is 18.5 Å². The van der Waals surface area contributed by atoms with Crippen molar-refractivity contribution in [3.63, 3.8) is 0 Å². The monoisotopic (exact) mass is 507 g/mol. The van der Waals surface area contributed by atoms with Gasteiger partial charge in [0.15, 0.2) is 6.61 Å². The molecule has 0 aliphatic rings. The van der Waals surface area contributed by atoms with Gasteiger partial charge < -0.3 is 4.74 Å². The topological polar surface area (TPSA) is 125 Å². The van der Waals surface area contributed by atoms with E-state index in [0.29, 0.717) is 6.07 Å². The lowest BCUT2D eigenvalue weighted by atomic mass is 10.1. The van der Waals surface area contributed by atoms with Crippen LogP contribution in [0, 0.1) is 10.1 Å². The van der Waals surface area contributed by atoms with E-state index in [1.54, 1.807) is 6.92 Å². The van der Waals surface area contributed by atoms with Gasteiger partial charge in [-0.25, -0.2) is 0 Å². The Labute approximate surface area is 190 Å². The minimum Gasteiger partial charge on any atom is -0.455 e. The molecule has 1 atom stereocenters. The number of carbonyl (C=O) groups is 2. The third-order valence-corrected chi connectivity index (χ3v) is 5.45. The van der Waals surface area contributed by atoms with Crippen molar-refractivity contribution >= 4 is 42.4 Å². The van der Waals surface area contributed by atoms with E-state index in [2.05, 4.69) is 0 Å². The first-order chi connectivity index (χ1) is 15.3. The summed E-state index contributed by atoms with van der Waals surface area (Å²) in [5.41, 5.74) is -1.30. The van der Waals surface area contributed by atoms with Crippen LogP contribution < -0.4 is 15.4 Å². The number of benzene rings is 2. The number of hydrogen-bond donors (Lipinski definition) is 1. The molecule has 0 radical (unpaired) electrons. The Morgan fingerprint density at radius 3 is 2.39 bits per heavy atom. The molecule has 0 heterocycles. The summed E-state index contributed by atoms with van der Waals surface area (Å²) in [6.45, 7) is 1.90. The SMILES string of the molecule is CCc1cc([N+](=O)[O-])c([P+](=O)OCC(=O)NC(C)=O)cc1Oc1ccc(C(F)(F)F)cc1Cl. The lowest BCUT2D eigenvalue weighted by Crippen LogP contribution is -2.31. The summed E-state index contributed by atoms with van der Waals surface area (Å²) in [5, 5.41) is 12.6. The number of nitro benzene ring substituents is 1. The molecule has 2 aromatic rings. The Hall–Kier alpha value is -3.08. The predicted octanol–water partition coefficient (Wildman–Crippen LogP) is 4.67. The average Bonchev–Trinajstić information content (AvgIpc) is 2.71. The normalized spacial score (nSPS) is 11.6. The number of alkyl halides is 3. The Bertz CT molecular complexity index is 1130. The zero-order chi connectivity index (χ0) is 24.9. The molecule has 0 saturated carbocycles. The molecule has 0 aromatic heterocycles. The third-order valence-electron chi connectivity index (χ3n) is 4.04. The number of hydrogen-bond acceptors (Lipinski definition) is 7. The molecule has 1 unspecified atom stereocenters. The fraction of sp³-hybridized carbons (Fsp3) is 0.263. The third kappa shape index (κ3) is 6.95. The van der Waals surface area contributed by atoms with Gasteiger partial charge in [-0.2, -0.15) is 13.2 Å². The molecule has 2 aromatic carbocycles. The maximum absolute atomic E-state index is 12.8. The summed E-state index contributed by atoms with van der Waals surface area (Å²) in [6.07, 6.45) is -4.41. The van der Waals surface area contributed by atoms with Crippen LogP contribution in [0.1, 0.15) is 25.0 Å². The minimum absolute atomic E-state index is 0.0557. The second kappa shape index (κ2) is 10.7. The van der Waals surface area contributed by atoms with E-state index >= 15 is 0 Å². The van der Waals surface area contributed by atoms with Crippen LogP contribution in [0.5, 0.6) is 11.5 Å². The van der Waals surface area contributed by atoms with Gasteiger partial charge in [-0.15, -0.1) is 4.52 Å². The maximum atomic E-state index is 12.8. The van der Waals surface area contributed by atoms with Gasteiger partial charge in [0.05, 0.1) is 15.5 Å². The molecule has 0 saturated heterocycles. The van der Waals surface area contributed by atoms with Crippen molar-refractivity contribution in [1.82, 2.24) is 5.32 Å². The number of nitro groups is 1. The number of nitrogens with zero attached hydrogens (tertiary/aromatic N) is 1. The first-order valence-corrected chi connectivity index (χ1v) is 10.7. The molecule has 9 nitrogen and oxygen atoms in total. The van der Waals surface area contributed by atoms with Gasteiger partial charge in [0.2, 0.25) is 5.91 Å². The van der Waals surface area contributed by atoms with E-state index in [9.17, 15) is 37.4 Å². The molecule has 0 aliphatic heterocycles. The summed E-state index contributed by atoms with van der Waals surface area (Å²) >= 11 is 5.90. The maximum Gasteiger partial charge on any atom is 0.556 e. The average molecular weight is 508 g/mol. The lowest BCUT2D eigenvalue weighted by molar-refractivity contribution is -0.383. The number of ether oxygens (including phenoxy) is 1. The quantitative estimate of drug-likeness (QED) is 0.313. The number of aryl methyl sites for hydroxylation is 1. The van der Waals surface area contributed by atoms with Crippen molar-refractivity contribution in [2.24, 2.45) is 0 Å². The van der Waals surface area contributed by atoms with Gasteiger partial charge >= 0.3 is 25.2 Å². The Balaban J connectivity index is 2.41. The van der Waals surface area contributed by atoms with Gasteiger partial charge in [0.1, 0.15) is 11.5 Å². The van der Waals surface area contributed by atoms with Crippen molar-refractivity contribution in [2.75, 3.05) is 6.61 Å². The van der Waals surface area contributed by atoms with Crippen LogP contribution in [0.25, 0.3) is 0 Å². The van der Waals surface area contributed by atoms with Crippen LogP contribution in [-0.2, 0) is 31.3 Å². The van der Waals surface area contributed by atoms with Crippen molar-refractivity contribution in [1.29, 1.82) is 0 Å². The molecule has 1 N–H and O–H groups in total. The summed E-state index contributed by atoms with van der Waals surface area (Å²) in [6, 6.07) is 4.50. The molecular weight excluding hydrogens is 492 g/mol. The first kappa shape index (κ1) is 26.2. The van der Waals surface area contributed by atoms with Crippen molar-refractivity contribution < 1.29 is 41.5 Å². The fourth-order valence-corrected chi connectivity index (χ4v) is 3.71. The zero-order valence-electron chi connectivity index (χ0n) is 17.1. The predicted molar refractivity (Wildman–Crippen MR) is 111 cm³/mol. The molecule has 2 rings (SSSR count). The van der Waals surface area contributed by atoms with Crippen LogP contribution in [-0.4, -0.2) is 23.3 Å². The van der Waals surface area contributed by atoms with Crippen molar-refractivity contribution in [2.45, 2.75) is 26.4 Å². The van der Waals surface area contributed by atoms with E-state index in [1.807, 2.05) is 5.32 Å². The smallest absolute Gasteiger partial charge is 0.455 e. The van der Waals surface area contributed by atoms with Gasteiger partial charge in [0.25, 0.3) is 5.91 Å². The largest absolute Gasteiger partial charge is 0.556 e. The molecule has 0 aliphatic carbocycles. The highest BCUT2D eigenvalue weighted by molar-refractivity contribution is 7.48. The fourth-order valence-electron chi connectivity index (χ4n) is 2.56. The highest BCUT2D eigenvalue weighted by Gasteiger charge is 2.36. The van der Waals surface area contributed by atoms with Gasteiger partial charge in [-0.3, -0.25) is 25.0 Å². The molecular formula is C19H16ClF3N2O7P+. The second-order valence-electron chi connectivity index (χ2n) is 6.44. The Morgan fingerprint density at radius 2 is 1.88 bits per heavy atom. The summed E-state index contributed by atoms with van der Waals surface area (Å²) in [7, 11) is -2.95. The number of nitrogens with one attached hydrogen (secondary N) is 1. The molecule has 0 fully saturated rings. The highest BCUT2D eigenvalue weighted by atomic mass is 35.5. The molecule has 176 valence electrons. The van der Waals surface area contributed by atoms with Crippen LogP contribution in [0.3, 0.4) is 0 Å². The van der Waals surface area contributed by atoms with Crippen LogP contribution in [0.4, 0.5) is 18.9 Å². The summed E-state index contributed by atoms with van der Waals surface area (Å²) in [4.78, 5) is 33.0. The molecule has 2 amide bonds. The Kier molecular flexibility index (Phi) is 8.48. The molecule has 0 bridgehead atoms. The van der Waals surface area contributed by atoms with Crippen molar-refractivity contribution in [3.8, 4) is 11.5 Å². The van der Waals surface area contributed by atoms with E-state index < -0.39 is 54.1 Å². The van der Waals surface area contributed by atoms with Crippen LogP contribution in [0.2, 0.25) is 5.02 Å². The number of carbonyl (C=O) groups excluding carboxylic acids is 2. The molecule has 0 spiro atoms. The number of amides is 2. The zero-order valence-corrected chi connectivity index (χ0v) is 18.7. The van der Waals surface area contributed by atoms with E-state index in [0.717, 1.165) is 31.2 Å². The standard InChI is InChI=1S/C19H15ClF3N2O7P/c1-3-11-6-14(25(28)29)17(33(30)31-9-18(27)24-10(2)26)8-16(11)32-15-5-4-12(7-13(15)20)19(21,22)23/h4-8H,3,9H2,1-2H3/p+1. The van der Waals surface area contributed by atoms with E-state index in [1.165, 1.54) is 0 Å². The second-order valence-corrected chi connectivity index (χ2v) is 8.10. The van der Waals surface area contributed by atoms with Gasteiger partial charge in [0, 0.05) is 24.6 Å². The Morgan fingerprint density at radius 1 is 1.21 bits per heavy atom. The number of rotatable bonds is 8. The number of imide groups is 1. The van der Waals surface area contributed by atoms with Gasteiger partial charge in [-0.05, 0) is 29.2 Å². The summed E-state index contributed by atoms with van der Waals surface area (Å²) in [5.74, 6) is -1.82. The summed E-state index contributed by atoms with van der Waals surface area (Å²) < 4.78 is 61.5. The van der Waals surface area contributed by atoms with Crippen molar-refractivity contribution in [3.05, 3.63) is 56.6 Å². The molecule has 14 heteroatoms. The van der Waals surface area contributed by atoms with E-state index in [-0.39, 0.29) is 28.5 Å². The highest BCUT2D eigenvalue weighted by Crippen LogP contribution is 2.39. The van der Waals surface area contributed by atoms with Crippen LogP contribution >= 0.6 is 19.6 Å². The lowest BCUT2D eigenvalue weighted by Gasteiger charge is -2.13. The number of halogens is 4. The molecule has 33 heavy (non-hydrogen) atoms. The first-order valence-electron chi connectivity index (χ1n) is 9.10.